The summed E-state index contributed by atoms with van der Waals surface area (Å²) in [4.78, 5) is 4.35. The highest BCUT2D eigenvalue weighted by molar-refractivity contribution is 14.0. The van der Waals surface area contributed by atoms with Gasteiger partial charge in [0.15, 0.2) is 5.96 Å². The first kappa shape index (κ1) is 16.4. The van der Waals surface area contributed by atoms with Crippen LogP contribution < -0.4 is 15.4 Å². The van der Waals surface area contributed by atoms with Crippen molar-refractivity contribution < 1.29 is 4.74 Å². The van der Waals surface area contributed by atoms with Gasteiger partial charge in [0.1, 0.15) is 5.75 Å². The van der Waals surface area contributed by atoms with Crippen molar-refractivity contribution in [2.45, 2.75) is 19.9 Å². The summed E-state index contributed by atoms with van der Waals surface area (Å²) in [7, 11) is 0. The number of benzene rings is 1. The van der Waals surface area contributed by atoms with Gasteiger partial charge in [0.25, 0.3) is 0 Å². The SMILES string of the molecule is CCOc1ccc(CNC2=NCCCN2)cc1Cl.I. The molecular formula is C13H19ClIN3O. The summed E-state index contributed by atoms with van der Waals surface area (Å²) in [6, 6.07) is 5.83. The number of aliphatic imine (C=N–C) groups is 1. The zero-order valence-corrected chi connectivity index (χ0v) is 14.0. The quantitative estimate of drug-likeness (QED) is 0.771. The Balaban J connectivity index is 0.00000180. The zero-order valence-electron chi connectivity index (χ0n) is 10.9. The Kier molecular flexibility index (Phi) is 7.30. The maximum atomic E-state index is 6.13. The molecule has 0 saturated carbocycles. The van der Waals surface area contributed by atoms with Crippen molar-refractivity contribution in [3.63, 3.8) is 0 Å². The number of ether oxygens (including phenoxy) is 1. The molecule has 1 aliphatic rings. The molecule has 1 aliphatic heterocycles. The summed E-state index contributed by atoms with van der Waals surface area (Å²) >= 11 is 6.13. The smallest absolute Gasteiger partial charge is 0.191 e. The van der Waals surface area contributed by atoms with Gasteiger partial charge in [-0.05, 0) is 31.0 Å². The van der Waals surface area contributed by atoms with E-state index in [9.17, 15) is 0 Å². The van der Waals surface area contributed by atoms with E-state index in [1.54, 1.807) is 0 Å². The first-order chi connectivity index (χ1) is 8.79. The Labute approximate surface area is 136 Å². The normalized spacial score (nSPS) is 13.9. The minimum absolute atomic E-state index is 0. The minimum Gasteiger partial charge on any atom is -0.492 e. The molecule has 0 spiro atoms. The minimum atomic E-state index is 0. The van der Waals surface area contributed by atoms with Gasteiger partial charge in [0.05, 0.1) is 11.6 Å². The zero-order chi connectivity index (χ0) is 12.8. The molecule has 0 atom stereocenters. The van der Waals surface area contributed by atoms with Crippen LogP contribution in [-0.2, 0) is 6.54 Å². The molecule has 0 unspecified atom stereocenters. The third-order valence-electron chi connectivity index (χ3n) is 2.65. The number of nitrogens with zero attached hydrogens (tertiary/aromatic N) is 1. The van der Waals surface area contributed by atoms with Crippen molar-refractivity contribution in [1.82, 2.24) is 10.6 Å². The van der Waals surface area contributed by atoms with Crippen LogP contribution in [0.5, 0.6) is 5.75 Å². The highest BCUT2D eigenvalue weighted by Crippen LogP contribution is 2.25. The second kappa shape index (κ2) is 8.47. The Morgan fingerprint density at radius 1 is 1.47 bits per heavy atom. The molecule has 0 radical (unpaired) electrons. The molecule has 0 aromatic heterocycles. The molecule has 1 aromatic rings. The molecule has 0 saturated heterocycles. The highest BCUT2D eigenvalue weighted by atomic mass is 127. The van der Waals surface area contributed by atoms with E-state index < -0.39 is 0 Å². The molecule has 19 heavy (non-hydrogen) atoms. The van der Waals surface area contributed by atoms with Gasteiger partial charge >= 0.3 is 0 Å². The summed E-state index contributed by atoms with van der Waals surface area (Å²) in [5.74, 6) is 1.60. The fourth-order valence-electron chi connectivity index (χ4n) is 1.76. The van der Waals surface area contributed by atoms with Gasteiger partial charge in [-0.25, -0.2) is 0 Å². The molecular weight excluding hydrogens is 377 g/mol. The summed E-state index contributed by atoms with van der Waals surface area (Å²) in [5.41, 5.74) is 1.11. The van der Waals surface area contributed by atoms with Crippen LogP contribution in [0, 0.1) is 0 Å². The van der Waals surface area contributed by atoms with Crippen molar-refractivity contribution >= 4 is 41.5 Å². The summed E-state index contributed by atoms with van der Waals surface area (Å²) in [6.45, 7) is 5.14. The lowest BCUT2D eigenvalue weighted by atomic mass is 10.2. The van der Waals surface area contributed by atoms with Gasteiger partial charge in [0.2, 0.25) is 0 Å². The number of hydrogen-bond donors (Lipinski definition) is 2. The molecule has 0 aliphatic carbocycles. The lowest BCUT2D eigenvalue weighted by Gasteiger charge is -2.16. The van der Waals surface area contributed by atoms with Crippen LogP contribution >= 0.6 is 35.6 Å². The standard InChI is InChI=1S/C13H18ClN3O.HI/c1-2-18-12-5-4-10(8-11(12)14)9-17-13-15-6-3-7-16-13;/h4-5,8H,2-3,6-7,9H2,1H3,(H2,15,16,17);1H. The van der Waals surface area contributed by atoms with Crippen LogP contribution in [-0.4, -0.2) is 25.7 Å². The third kappa shape index (κ3) is 5.06. The van der Waals surface area contributed by atoms with Crippen LogP contribution in [0.2, 0.25) is 5.02 Å². The Hall–Kier alpha value is -0.690. The molecule has 2 rings (SSSR count). The van der Waals surface area contributed by atoms with Crippen molar-refractivity contribution in [2.75, 3.05) is 19.7 Å². The number of halogens is 2. The largest absolute Gasteiger partial charge is 0.492 e. The van der Waals surface area contributed by atoms with E-state index in [1.165, 1.54) is 0 Å². The van der Waals surface area contributed by atoms with Crippen molar-refractivity contribution in [2.24, 2.45) is 4.99 Å². The molecule has 1 heterocycles. The van der Waals surface area contributed by atoms with Crippen LogP contribution in [0.15, 0.2) is 23.2 Å². The number of hydrogen-bond acceptors (Lipinski definition) is 4. The maximum Gasteiger partial charge on any atom is 0.191 e. The average Bonchev–Trinajstić information content (AvgIpc) is 2.41. The van der Waals surface area contributed by atoms with E-state index in [-0.39, 0.29) is 24.0 Å². The third-order valence-corrected chi connectivity index (χ3v) is 2.95. The number of guanidine groups is 1. The summed E-state index contributed by atoms with van der Waals surface area (Å²) in [5, 5.41) is 7.12. The van der Waals surface area contributed by atoms with Crippen molar-refractivity contribution in [3.05, 3.63) is 28.8 Å². The van der Waals surface area contributed by atoms with E-state index >= 15 is 0 Å². The lowest BCUT2D eigenvalue weighted by molar-refractivity contribution is 0.340. The van der Waals surface area contributed by atoms with Gasteiger partial charge in [-0.15, -0.1) is 24.0 Å². The van der Waals surface area contributed by atoms with Gasteiger partial charge < -0.3 is 15.4 Å². The fraction of sp³-hybridized carbons (Fsp3) is 0.462. The van der Waals surface area contributed by atoms with Gasteiger partial charge in [-0.2, -0.15) is 0 Å². The molecule has 4 nitrogen and oxygen atoms in total. The number of nitrogens with one attached hydrogen (secondary N) is 2. The Morgan fingerprint density at radius 2 is 2.32 bits per heavy atom. The molecule has 2 N–H and O–H groups in total. The second-order valence-corrected chi connectivity index (χ2v) is 4.47. The number of rotatable bonds is 4. The summed E-state index contributed by atoms with van der Waals surface area (Å²) in [6.07, 6.45) is 1.10. The van der Waals surface area contributed by atoms with Gasteiger partial charge in [0, 0.05) is 19.6 Å². The molecule has 0 fully saturated rings. The molecule has 6 heteroatoms. The first-order valence-electron chi connectivity index (χ1n) is 6.23. The van der Waals surface area contributed by atoms with Crippen LogP contribution in [0.25, 0.3) is 0 Å². The summed E-state index contributed by atoms with van der Waals surface area (Å²) < 4.78 is 5.40. The van der Waals surface area contributed by atoms with E-state index in [2.05, 4.69) is 15.6 Å². The Bertz CT molecular complexity index is 440. The molecule has 0 bridgehead atoms. The van der Waals surface area contributed by atoms with Crippen molar-refractivity contribution in [1.29, 1.82) is 0 Å². The molecule has 0 amide bonds. The van der Waals surface area contributed by atoms with Crippen molar-refractivity contribution in [3.8, 4) is 5.75 Å². The topological polar surface area (TPSA) is 45.6 Å². The van der Waals surface area contributed by atoms with Crippen LogP contribution in [0.3, 0.4) is 0 Å². The first-order valence-corrected chi connectivity index (χ1v) is 6.61. The van der Waals surface area contributed by atoms with E-state index in [1.807, 2.05) is 25.1 Å². The van der Waals surface area contributed by atoms with Crippen LogP contribution in [0.4, 0.5) is 0 Å². The fourth-order valence-corrected chi connectivity index (χ4v) is 2.02. The maximum absolute atomic E-state index is 6.13. The van der Waals surface area contributed by atoms with Gasteiger partial charge in [-0.3, -0.25) is 4.99 Å². The second-order valence-electron chi connectivity index (χ2n) is 4.06. The van der Waals surface area contributed by atoms with E-state index in [0.717, 1.165) is 36.8 Å². The lowest BCUT2D eigenvalue weighted by Crippen LogP contribution is -2.40. The Morgan fingerprint density at radius 3 is 2.95 bits per heavy atom. The predicted octanol–water partition coefficient (Wildman–Crippen LogP) is 2.80. The van der Waals surface area contributed by atoms with E-state index in [0.29, 0.717) is 18.2 Å². The van der Waals surface area contributed by atoms with E-state index in [4.69, 9.17) is 16.3 Å². The van der Waals surface area contributed by atoms with Crippen LogP contribution in [0.1, 0.15) is 18.9 Å². The average molecular weight is 396 g/mol. The monoisotopic (exact) mass is 395 g/mol. The highest BCUT2D eigenvalue weighted by Gasteiger charge is 2.05. The molecule has 1 aromatic carbocycles. The molecule has 106 valence electrons. The predicted molar refractivity (Wildman–Crippen MR) is 89.8 cm³/mol. The van der Waals surface area contributed by atoms with Gasteiger partial charge in [-0.1, -0.05) is 17.7 Å².